The van der Waals surface area contributed by atoms with E-state index in [2.05, 4.69) is 6.07 Å². The van der Waals surface area contributed by atoms with Crippen LogP contribution in [-0.2, 0) is 10.5 Å². The molecule has 0 spiro atoms. The number of carbonyl (C=O) groups excluding carboxylic acids is 1. The molecule has 0 aliphatic carbocycles. The van der Waals surface area contributed by atoms with E-state index in [4.69, 9.17) is 18.9 Å². The van der Waals surface area contributed by atoms with Gasteiger partial charge in [-0.25, -0.2) is 0 Å². The van der Waals surface area contributed by atoms with Gasteiger partial charge in [-0.2, -0.15) is 5.26 Å². The number of carbonyl (C=O) groups is 1. The number of nitrogens with zero attached hydrogens (tertiary/aromatic N) is 2. The summed E-state index contributed by atoms with van der Waals surface area (Å²) in [4.78, 5) is 14.7. The zero-order valence-electron chi connectivity index (χ0n) is 18.7. The van der Waals surface area contributed by atoms with Crippen LogP contribution in [0.2, 0.25) is 0 Å². The van der Waals surface area contributed by atoms with Gasteiger partial charge in [-0.05, 0) is 29.8 Å². The first kappa shape index (κ1) is 22.8. The average Bonchev–Trinajstić information content (AvgIpc) is 3.21. The number of hydrogen-bond donors (Lipinski definition) is 1. The summed E-state index contributed by atoms with van der Waals surface area (Å²) in [5.74, 6) is 1.51. The van der Waals surface area contributed by atoms with E-state index < -0.39 is 11.6 Å². The summed E-state index contributed by atoms with van der Waals surface area (Å²) in [6, 6.07) is 12.7. The molecule has 2 heterocycles. The van der Waals surface area contributed by atoms with Crippen LogP contribution >= 0.6 is 11.8 Å². The third-order valence-corrected chi connectivity index (χ3v) is 7.19. The number of rotatable bonds is 6. The molecule has 0 bridgehead atoms. The molecule has 1 fully saturated rings. The number of allylic oxidation sites excluding steroid dienone is 1. The van der Waals surface area contributed by atoms with Gasteiger partial charge in [0, 0.05) is 17.9 Å². The van der Waals surface area contributed by atoms with Gasteiger partial charge in [0.05, 0.1) is 50.9 Å². The van der Waals surface area contributed by atoms with E-state index in [1.807, 2.05) is 6.07 Å². The number of aliphatic hydroxyl groups is 1. The lowest BCUT2D eigenvalue weighted by Crippen LogP contribution is -2.48. The molecule has 9 heteroatoms. The smallest absolute Gasteiger partial charge is 0.231 e. The second kappa shape index (κ2) is 8.89. The summed E-state index contributed by atoms with van der Waals surface area (Å²) in [5.41, 5.74) is 0.0781. The molecule has 2 atom stereocenters. The van der Waals surface area contributed by atoms with Crippen LogP contribution in [0.5, 0.6) is 23.0 Å². The van der Waals surface area contributed by atoms with Gasteiger partial charge in [0.2, 0.25) is 5.91 Å². The lowest BCUT2D eigenvalue weighted by atomic mass is 9.85. The van der Waals surface area contributed by atoms with Crippen molar-refractivity contribution in [3.63, 3.8) is 0 Å². The summed E-state index contributed by atoms with van der Waals surface area (Å²) in [5, 5.41) is 22.1. The van der Waals surface area contributed by atoms with Crippen molar-refractivity contribution in [2.45, 2.75) is 18.1 Å². The zero-order valence-corrected chi connectivity index (χ0v) is 19.6. The number of benzene rings is 2. The second-order valence-corrected chi connectivity index (χ2v) is 8.57. The summed E-state index contributed by atoms with van der Waals surface area (Å²) in [7, 11) is 6.12. The number of hydrogen-bond acceptors (Lipinski definition) is 8. The van der Waals surface area contributed by atoms with Crippen LogP contribution in [0.1, 0.15) is 23.5 Å². The van der Waals surface area contributed by atoms with Crippen molar-refractivity contribution >= 4 is 17.7 Å². The van der Waals surface area contributed by atoms with E-state index in [1.54, 1.807) is 37.4 Å². The highest BCUT2D eigenvalue weighted by atomic mass is 32.2. The molecule has 2 aromatic rings. The number of fused-ring (bicyclic) bond motifs is 1. The molecule has 0 radical (unpaired) electrons. The maximum atomic E-state index is 13.4. The molecule has 33 heavy (non-hydrogen) atoms. The highest BCUT2D eigenvalue weighted by Crippen LogP contribution is 2.52. The number of thioether (sulfide) groups is 1. The quantitative estimate of drug-likeness (QED) is 0.689. The number of ether oxygens (including phenoxy) is 4. The Morgan fingerprint density at radius 3 is 2.21 bits per heavy atom. The zero-order chi connectivity index (χ0) is 23.8. The second-order valence-electron chi connectivity index (χ2n) is 7.61. The fraction of sp³-hybridized carbons (Fsp3) is 0.333. The Balaban J connectivity index is 1.78. The van der Waals surface area contributed by atoms with E-state index in [-0.39, 0.29) is 18.1 Å². The van der Waals surface area contributed by atoms with Gasteiger partial charge < -0.3 is 24.1 Å². The molecule has 2 aliphatic rings. The lowest BCUT2D eigenvalue weighted by Gasteiger charge is -2.38. The maximum Gasteiger partial charge on any atom is 0.231 e. The third kappa shape index (κ3) is 3.65. The molecule has 1 saturated heterocycles. The van der Waals surface area contributed by atoms with E-state index in [9.17, 15) is 15.2 Å². The van der Waals surface area contributed by atoms with Gasteiger partial charge in [-0.15, -0.1) is 11.8 Å². The minimum absolute atomic E-state index is 0.0397. The monoisotopic (exact) mass is 468 g/mol. The van der Waals surface area contributed by atoms with E-state index >= 15 is 0 Å². The van der Waals surface area contributed by atoms with Gasteiger partial charge in [0.25, 0.3) is 0 Å². The van der Waals surface area contributed by atoms with Gasteiger partial charge >= 0.3 is 0 Å². The average molecular weight is 469 g/mol. The molecular weight excluding hydrogens is 444 g/mol. The van der Waals surface area contributed by atoms with Crippen molar-refractivity contribution in [2.24, 2.45) is 0 Å². The molecule has 1 amide bonds. The first-order valence-electron chi connectivity index (χ1n) is 10.2. The SMILES string of the molecule is COc1ccc([C@@H]2CC(=O)N3C(=C2C#N)SC[C@]3(O)c2ccc(OC)c(OC)c2)cc1OC. The van der Waals surface area contributed by atoms with Gasteiger partial charge in [-0.3, -0.25) is 9.69 Å². The first-order valence-corrected chi connectivity index (χ1v) is 11.2. The van der Waals surface area contributed by atoms with Crippen molar-refractivity contribution < 1.29 is 28.8 Å². The maximum absolute atomic E-state index is 13.4. The van der Waals surface area contributed by atoms with Gasteiger partial charge in [0.15, 0.2) is 28.7 Å². The molecule has 2 aliphatic heterocycles. The molecule has 172 valence electrons. The van der Waals surface area contributed by atoms with E-state index in [0.717, 1.165) is 5.56 Å². The fourth-order valence-electron chi connectivity index (χ4n) is 4.28. The minimum atomic E-state index is -1.61. The molecular formula is C24H24N2O6S. The van der Waals surface area contributed by atoms with Crippen LogP contribution in [0.25, 0.3) is 0 Å². The summed E-state index contributed by atoms with van der Waals surface area (Å²) < 4.78 is 21.3. The largest absolute Gasteiger partial charge is 0.493 e. The van der Waals surface area contributed by atoms with Crippen molar-refractivity contribution in [1.82, 2.24) is 4.90 Å². The Labute approximate surface area is 196 Å². The number of nitriles is 1. The highest BCUT2D eigenvalue weighted by molar-refractivity contribution is 8.03. The van der Waals surface area contributed by atoms with Crippen LogP contribution in [0.3, 0.4) is 0 Å². The Morgan fingerprint density at radius 1 is 1.00 bits per heavy atom. The molecule has 1 N–H and O–H groups in total. The number of amides is 1. The Bertz CT molecular complexity index is 1170. The molecule has 0 saturated carbocycles. The summed E-state index contributed by atoms with van der Waals surface area (Å²) >= 11 is 1.29. The van der Waals surface area contributed by atoms with Crippen molar-refractivity contribution in [2.75, 3.05) is 34.2 Å². The summed E-state index contributed by atoms with van der Waals surface area (Å²) in [6.45, 7) is 0. The molecule has 8 nitrogen and oxygen atoms in total. The molecule has 2 aromatic carbocycles. The van der Waals surface area contributed by atoms with Crippen LogP contribution < -0.4 is 18.9 Å². The Hall–Kier alpha value is -3.35. The van der Waals surface area contributed by atoms with Gasteiger partial charge in [-0.1, -0.05) is 12.1 Å². The lowest BCUT2D eigenvalue weighted by molar-refractivity contribution is -0.149. The van der Waals surface area contributed by atoms with Crippen LogP contribution in [0.15, 0.2) is 47.0 Å². The first-order chi connectivity index (χ1) is 15.9. The van der Waals surface area contributed by atoms with Crippen LogP contribution in [0.4, 0.5) is 0 Å². The third-order valence-electron chi connectivity index (χ3n) is 5.97. The Morgan fingerprint density at radius 2 is 1.61 bits per heavy atom. The predicted octanol–water partition coefficient (Wildman–Crippen LogP) is 3.36. The molecule has 0 aromatic heterocycles. The topological polar surface area (TPSA) is 101 Å². The standard InChI is InChI=1S/C24H24N2O6S/c1-29-18-7-5-14(9-20(18)31-3)16-11-22(27)26-23(17(16)12-25)33-13-24(26,28)15-6-8-19(30-2)21(10-15)32-4/h5-10,16,28H,11,13H2,1-4H3/t16-,24-/m0/s1. The van der Waals surface area contributed by atoms with Crippen LogP contribution in [-0.4, -0.2) is 50.1 Å². The van der Waals surface area contributed by atoms with Crippen molar-refractivity contribution in [3.8, 4) is 29.1 Å². The molecule has 0 unspecified atom stereocenters. The van der Waals surface area contributed by atoms with Crippen LogP contribution in [0, 0.1) is 11.3 Å². The van der Waals surface area contributed by atoms with Crippen molar-refractivity contribution in [3.05, 3.63) is 58.1 Å². The fourth-order valence-corrected chi connectivity index (χ4v) is 5.64. The minimum Gasteiger partial charge on any atom is -0.493 e. The van der Waals surface area contributed by atoms with E-state index in [1.165, 1.54) is 38.0 Å². The highest BCUT2D eigenvalue weighted by Gasteiger charge is 2.52. The predicted molar refractivity (Wildman–Crippen MR) is 122 cm³/mol. The number of methoxy groups -OCH3 is 4. The normalized spacial score (nSPS) is 22.0. The molecule has 4 rings (SSSR count). The Kier molecular flexibility index (Phi) is 6.15. The van der Waals surface area contributed by atoms with E-state index in [0.29, 0.717) is 39.2 Å². The van der Waals surface area contributed by atoms with Crippen molar-refractivity contribution in [1.29, 1.82) is 5.26 Å². The summed E-state index contributed by atoms with van der Waals surface area (Å²) in [6.07, 6.45) is 0.0397. The van der Waals surface area contributed by atoms with Gasteiger partial charge in [0.1, 0.15) is 0 Å².